The van der Waals surface area contributed by atoms with E-state index in [2.05, 4.69) is 56.2 Å². The summed E-state index contributed by atoms with van der Waals surface area (Å²) < 4.78 is 0. The molecule has 3 saturated heterocycles. The molecule has 3 heteroatoms. The lowest BCUT2D eigenvalue weighted by atomic mass is 9.75. The smallest absolute Gasteiger partial charge is 0.0352 e. The van der Waals surface area contributed by atoms with E-state index in [4.69, 9.17) is 0 Å². The molecule has 0 aromatic rings. The molecule has 0 aliphatic carbocycles. The molecular formula is C19H37N3. The molecule has 3 aliphatic rings. The van der Waals surface area contributed by atoms with Crippen molar-refractivity contribution < 1.29 is 0 Å². The van der Waals surface area contributed by atoms with E-state index >= 15 is 0 Å². The topological polar surface area (TPSA) is 9.72 Å². The number of piperidine rings is 1. The van der Waals surface area contributed by atoms with E-state index in [0.717, 1.165) is 18.0 Å². The largest absolute Gasteiger partial charge is 0.298 e. The van der Waals surface area contributed by atoms with Gasteiger partial charge in [0.25, 0.3) is 0 Å². The van der Waals surface area contributed by atoms with Gasteiger partial charge in [-0.3, -0.25) is 14.7 Å². The van der Waals surface area contributed by atoms with Gasteiger partial charge < -0.3 is 0 Å². The van der Waals surface area contributed by atoms with Crippen molar-refractivity contribution >= 4 is 0 Å². The van der Waals surface area contributed by atoms with Crippen LogP contribution in [0.4, 0.5) is 0 Å². The summed E-state index contributed by atoms with van der Waals surface area (Å²) in [4.78, 5) is 8.11. The maximum absolute atomic E-state index is 2.78. The van der Waals surface area contributed by atoms with Crippen LogP contribution in [0.5, 0.6) is 0 Å². The summed E-state index contributed by atoms with van der Waals surface area (Å²) in [6.45, 7) is 22.1. The van der Waals surface area contributed by atoms with Crippen molar-refractivity contribution in [2.24, 2.45) is 11.3 Å². The minimum Gasteiger partial charge on any atom is -0.298 e. The third kappa shape index (κ3) is 3.37. The van der Waals surface area contributed by atoms with Crippen LogP contribution in [0.3, 0.4) is 0 Å². The molecule has 22 heavy (non-hydrogen) atoms. The molecular weight excluding hydrogens is 270 g/mol. The number of hydrogen-bond donors (Lipinski definition) is 0. The molecule has 0 spiro atoms. The highest BCUT2D eigenvalue weighted by Crippen LogP contribution is 2.36. The van der Waals surface area contributed by atoms with Crippen LogP contribution < -0.4 is 0 Å². The molecule has 0 bridgehead atoms. The summed E-state index contributed by atoms with van der Waals surface area (Å²) in [5.74, 6) is 0.923. The van der Waals surface area contributed by atoms with Gasteiger partial charge in [0, 0.05) is 43.8 Å². The van der Waals surface area contributed by atoms with E-state index in [9.17, 15) is 0 Å². The maximum atomic E-state index is 2.78. The zero-order valence-corrected chi connectivity index (χ0v) is 15.7. The van der Waals surface area contributed by atoms with Gasteiger partial charge in [0.15, 0.2) is 0 Å². The number of hydrogen-bond acceptors (Lipinski definition) is 3. The first-order chi connectivity index (χ1) is 10.1. The van der Waals surface area contributed by atoms with E-state index in [0.29, 0.717) is 11.0 Å². The van der Waals surface area contributed by atoms with Gasteiger partial charge in [-0.1, -0.05) is 20.8 Å². The fourth-order valence-electron chi connectivity index (χ4n) is 4.38. The van der Waals surface area contributed by atoms with Crippen LogP contribution >= 0.6 is 0 Å². The summed E-state index contributed by atoms with van der Waals surface area (Å²) in [5.41, 5.74) is 0.857. The fourth-order valence-corrected chi connectivity index (χ4v) is 4.38. The van der Waals surface area contributed by atoms with Crippen molar-refractivity contribution in [3.05, 3.63) is 0 Å². The molecule has 3 nitrogen and oxygen atoms in total. The molecule has 0 atom stereocenters. The quantitative estimate of drug-likeness (QED) is 0.777. The molecule has 0 aromatic carbocycles. The normalized spacial score (nSPS) is 28.6. The van der Waals surface area contributed by atoms with Gasteiger partial charge >= 0.3 is 0 Å². The lowest BCUT2D eigenvalue weighted by Crippen LogP contribution is -2.72. The first-order valence-electron chi connectivity index (χ1n) is 9.38. The highest BCUT2D eigenvalue weighted by molar-refractivity contribution is 5.01. The van der Waals surface area contributed by atoms with Crippen molar-refractivity contribution in [1.82, 2.24) is 14.7 Å². The summed E-state index contributed by atoms with van der Waals surface area (Å²) in [6, 6.07) is 1.69. The predicted molar refractivity (Wildman–Crippen MR) is 94.2 cm³/mol. The Labute approximate surface area is 138 Å². The minimum atomic E-state index is 0.357. The number of likely N-dealkylation sites (tertiary alicyclic amines) is 3. The van der Waals surface area contributed by atoms with Crippen LogP contribution in [0.1, 0.15) is 54.4 Å². The van der Waals surface area contributed by atoms with Crippen LogP contribution in [-0.2, 0) is 0 Å². The van der Waals surface area contributed by atoms with Crippen LogP contribution in [0.15, 0.2) is 0 Å². The van der Waals surface area contributed by atoms with Gasteiger partial charge in [-0.05, 0) is 58.0 Å². The van der Waals surface area contributed by atoms with Gasteiger partial charge in [0.2, 0.25) is 0 Å². The Morgan fingerprint density at radius 3 is 1.64 bits per heavy atom. The lowest BCUT2D eigenvalue weighted by Gasteiger charge is -2.57. The summed E-state index contributed by atoms with van der Waals surface area (Å²) >= 11 is 0. The SMILES string of the molecule is CC(C)(C)C1CCN(C2CN(C3CN(C(C)(C)C)C3)C2)CC1. The Morgan fingerprint density at radius 1 is 0.682 bits per heavy atom. The van der Waals surface area contributed by atoms with Gasteiger partial charge in [0.05, 0.1) is 0 Å². The second-order valence-electron chi connectivity index (χ2n) is 10.0. The average molecular weight is 308 g/mol. The van der Waals surface area contributed by atoms with E-state index in [1.165, 1.54) is 52.1 Å². The second-order valence-corrected chi connectivity index (χ2v) is 10.0. The Morgan fingerprint density at radius 2 is 1.18 bits per heavy atom. The van der Waals surface area contributed by atoms with Crippen molar-refractivity contribution in [1.29, 1.82) is 0 Å². The van der Waals surface area contributed by atoms with Crippen molar-refractivity contribution in [2.75, 3.05) is 39.3 Å². The molecule has 0 radical (unpaired) electrons. The van der Waals surface area contributed by atoms with Crippen LogP contribution in [0.25, 0.3) is 0 Å². The van der Waals surface area contributed by atoms with Crippen molar-refractivity contribution in [3.8, 4) is 0 Å². The van der Waals surface area contributed by atoms with Crippen LogP contribution in [0, 0.1) is 11.3 Å². The Bertz CT molecular complexity index is 372. The molecule has 0 unspecified atom stereocenters. The van der Waals surface area contributed by atoms with Gasteiger partial charge in [-0.15, -0.1) is 0 Å². The van der Waals surface area contributed by atoms with Gasteiger partial charge in [-0.2, -0.15) is 0 Å². The summed E-state index contributed by atoms with van der Waals surface area (Å²) in [5, 5.41) is 0. The number of nitrogens with zero attached hydrogens (tertiary/aromatic N) is 3. The zero-order valence-electron chi connectivity index (χ0n) is 15.7. The lowest BCUT2D eigenvalue weighted by molar-refractivity contribution is -0.0827. The first kappa shape index (κ1) is 16.7. The maximum Gasteiger partial charge on any atom is 0.0352 e. The summed E-state index contributed by atoms with van der Waals surface area (Å²) in [7, 11) is 0. The van der Waals surface area contributed by atoms with Crippen LogP contribution in [-0.4, -0.2) is 71.6 Å². The number of rotatable bonds is 2. The fraction of sp³-hybridized carbons (Fsp3) is 1.00. The van der Waals surface area contributed by atoms with Gasteiger partial charge in [-0.25, -0.2) is 0 Å². The molecule has 3 heterocycles. The Kier molecular flexibility index (Phi) is 4.37. The summed E-state index contributed by atoms with van der Waals surface area (Å²) in [6.07, 6.45) is 2.81. The van der Waals surface area contributed by atoms with E-state index < -0.39 is 0 Å². The Balaban J connectivity index is 1.37. The van der Waals surface area contributed by atoms with E-state index in [1.807, 2.05) is 0 Å². The molecule has 128 valence electrons. The zero-order chi connectivity index (χ0) is 16.1. The molecule has 0 aromatic heterocycles. The molecule has 0 N–H and O–H groups in total. The average Bonchev–Trinajstić information content (AvgIpc) is 2.27. The third-order valence-corrected chi connectivity index (χ3v) is 6.49. The molecule has 0 saturated carbocycles. The predicted octanol–water partition coefficient (Wildman–Crippen LogP) is 2.91. The van der Waals surface area contributed by atoms with E-state index in [-0.39, 0.29) is 0 Å². The van der Waals surface area contributed by atoms with Crippen molar-refractivity contribution in [3.63, 3.8) is 0 Å². The minimum absolute atomic E-state index is 0.357. The Hall–Kier alpha value is -0.120. The monoisotopic (exact) mass is 307 g/mol. The molecule has 3 fully saturated rings. The van der Waals surface area contributed by atoms with Crippen LogP contribution in [0.2, 0.25) is 0 Å². The van der Waals surface area contributed by atoms with Gasteiger partial charge in [0.1, 0.15) is 0 Å². The van der Waals surface area contributed by atoms with E-state index in [1.54, 1.807) is 0 Å². The second kappa shape index (κ2) is 5.75. The third-order valence-electron chi connectivity index (χ3n) is 6.49. The molecule has 0 amide bonds. The standard InChI is InChI=1S/C19H37N3/c1-18(2,3)15-7-9-20(10-8-15)16-11-21(12-16)17-13-22(14-17)19(4,5)6/h15-17H,7-14H2,1-6H3. The first-order valence-corrected chi connectivity index (χ1v) is 9.38. The highest BCUT2D eigenvalue weighted by Gasteiger charge is 2.44. The van der Waals surface area contributed by atoms with Crippen molar-refractivity contribution in [2.45, 2.75) is 72.0 Å². The molecule has 3 aliphatic heterocycles. The highest BCUT2D eigenvalue weighted by atomic mass is 15.4. The molecule has 3 rings (SSSR count).